The third-order valence-corrected chi connectivity index (χ3v) is 6.27. The fourth-order valence-electron chi connectivity index (χ4n) is 1.59. The minimum absolute atomic E-state index is 0.192. The van der Waals surface area contributed by atoms with Crippen LogP contribution in [0.2, 0.25) is 20.1 Å². The van der Waals surface area contributed by atoms with E-state index in [0.717, 1.165) is 0 Å². The largest absolute Gasteiger partial charge is 0.236 e. The van der Waals surface area contributed by atoms with Crippen LogP contribution >= 0.6 is 92.8 Å². The van der Waals surface area contributed by atoms with Crippen molar-refractivity contribution in [1.82, 2.24) is 0 Å². The summed E-state index contributed by atoms with van der Waals surface area (Å²) in [5.74, 6) is 0. The quantitative estimate of drug-likeness (QED) is 0.298. The van der Waals surface area contributed by atoms with Gasteiger partial charge in [-0.2, -0.15) is 0 Å². The molecule has 2 nitrogen and oxygen atoms in total. The van der Waals surface area contributed by atoms with E-state index in [9.17, 15) is 0 Å². The monoisotopic (exact) mass is 494 g/mol. The van der Waals surface area contributed by atoms with Crippen LogP contribution in [-0.4, -0.2) is 14.7 Å². The lowest BCUT2D eigenvalue weighted by Gasteiger charge is -2.16. The van der Waals surface area contributed by atoms with Crippen molar-refractivity contribution >= 4 is 115 Å². The second-order valence-corrected chi connectivity index (χ2v) is 8.14. The highest BCUT2D eigenvalue weighted by Gasteiger charge is 2.36. The molecule has 132 valence electrons. The molecule has 2 rings (SSSR count). The predicted molar refractivity (Wildman–Crippen MR) is 113 cm³/mol. The number of hydrogen-bond donors (Lipinski definition) is 0. The maximum absolute atomic E-state index is 6.21. The summed E-state index contributed by atoms with van der Waals surface area (Å²) in [4.78, 5) is 8.14. The van der Waals surface area contributed by atoms with E-state index in [1.165, 1.54) is 0 Å². The zero-order valence-electron chi connectivity index (χ0n) is 11.9. The van der Waals surface area contributed by atoms with Crippen molar-refractivity contribution in [2.75, 3.05) is 0 Å². The molecule has 0 spiro atoms. The minimum Gasteiger partial charge on any atom is -0.236 e. The predicted octanol–water partition coefficient (Wildman–Crippen LogP) is 8.71. The molecular weight excluding hydrogens is 492 g/mol. The minimum atomic E-state index is -1.93. The molecule has 0 heterocycles. The number of aliphatic imine (C=N–C) groups is 2. The van der Waals surface area contributed by atoms with Crippen molar-refractivity contribution < 1.29 is 0 Å². The fourth-order valence-corrected chi connectivity index (χ4v) is 2.85. The van der Waals surface area contributed by atoms with Crippen LogP contribution < -0.4 is 0 Å². The summed E-state index contributed by atoms with van der Waals surface area (Å²) in [5.41, 5.74) is 0.546. The third-order valence-electron chi connectivity index (χ3n) is 2.82. The summed E-state index contributed by atoms with van der Waals surface area (Å²) < 4.78 is -1.93. The molecule has 2 aromatic rings. The topological polar surface area (TPSA) is 24.7 Å². The smallest absolute Gasteiger partial charge is 0.222 e. The number of nitrogens with zero attached hydrogens (tertiary/aromatic N) is 2. The van der Waals surface area contributed by atoms with Crippen molar-refractivity contribution in [3.05, 3.63) is 56.5 Å². The lowest BCUT2D eigenvalue weighted by atomic mass is 10.3. The Morgan fingerprint density at radius 2 is 1.04 bits per heavy atom. The highest BCUT2D eigenvalue weighted by Crippen LogP contribution is 2.38. The number of alkyl halides is 2. The van der Waals surface area contributed by atoms with Crippen LogP contribution in [0.3, 0.4) is 0 Å². The van der Waals surface area contributed by atoms with Gasteiger partial charge in [0.2, 0.25) is 4.33 Å². The van der Waals surface area contributed by atoms with E-state index >= 15 is 0 Å². The van der Waals surface area contributed by atoms with E-state index < -0.39 is 4.33 Å². The zero-order chi connectivity index (χ0) is 18.8. The first-order valence-corrected chi connectivity index (χ1v) is 9.42. The number of hydrogen-bond acceptors (Lipinski definition) is 2. The maximum Gasteiger partial charge on any atom is 0.222 e. The maximum atomic E-state index is 6.21. The molecular formula is C15H6Cl8N2. The highest BCUT2D eigenvalue weighted by atomic mass is 35.5. The molecule has 25 heavy (non-hydrogen) atoms. The van der Waals surface area contributed by atoms with Gasteiger partial charge in [-0.05, 0) is 24.3 Å². The van der Waals surface area contributed by atoms with Crippen molar-refractivity contribution in [2.24, 2.45) is 9.98 Å². The molecule has 0 aliphatic heterocycles. The lowest BCUT2D eigenvalue weighted by Crippen LogP contribution is -2.28. The van der Waals surface area contributed by atoms with Gasteiger partial charge in [0.15, 0.2) is 0 Å². The first-order chi connectivity index (χ1) is 11.6. The van der Waals surface area contributed by atoms with E-state index in [1.807, 2.05) is 0 Å². The summed E-state index contributed by atoms with van der Waals surface area (Å²) in [6.07, 6.45) is 0. The fraction of sp³-hybridized carbons (Fsp3) is 0.0667. The summed E-state index contributed by atoms with van der Waals surface area (Å²) in [5, 5.41) is 0.439. The van der Waals surface area contributed by atoms with Gasteiger partial charge >= 0.3 is 0 Å². The summed E-state index contributed by atoms with van der Waals surface area (Å²) in [6.45, 7) is 0. The molecule has 0 aliphatic rings. The molecule has 0 N–H and O–H groups in total. The normalized spacial score (nSPS) is 13.3. The van der Waals surface area contributed by atoms with Crippen LogP contribution in [0.1, 0.15) is 0 Å². The molecule has 0 bridgehead atoms. The van der Waals surface area contributed by atoms with Crippen LogP contribution in [0.5, 0.6) is 0 Å². The van der Waals surface area contributed by atoms with Gasteiger partial charge in [-0.15, -0.1) is 0 Å². The van der Waals surface area contributed by atoms with Crippen LogP contribution in [0.25, 0.3) is 0 Å². The van der Waals surface area contributed by atoms with Crippen molar-refractivity contribution in [2.45, 2.75) is 4.33 Å². The number of benzene rings is 2. The molecule has 10 heteroatoms. The average Bonchev–Trinajstić information content (AvgIpc) is 2.55. The Balaban J connectivity index is 2.42. The Kier molecular flexibility index (Phi) is 7.58. The van der Waals surface area contributed by atoms with Gasteiger partial charge in [0, 0.05) is 0 Å². The molecule has 2 aromatic carbocycles. The first kappa shape index (κ1) is 21.4. The Bertz CT molecular complexity index is 791. The third kappa shape index (κ3) is 5.09. The van der Waals surface area contributed by atoms with Gasteiger partial charge in [-0.25, -0.2) is 9.98 Å². The van der Waals surface area contributed by atoms with Gasteiger partial charge < -0.3 is 0 Å². The number of rotatable bonds is 4. The van der Waals surface area contributed by atoms with Gasteiger partial charge in [0.25, 0.3) is 0 Å². The first-order valence-electron chi connectivity index (χ1n) is 6.39. The standard InChI is InChI=1S/C15H6Cl8N2/c16-7-3-1-5-9(11(7)18)24-13(20)15(22,23)14(21)25-10-6-2-4-8(17)12(10)19/h1-6H/b24-13-,25-14+. The second kappa shape index (κ2) is 8.86. The van der Waals surface area contributed by atoms with Crippen LogP contribution in [0, 0.1) is 0 Å². The van der Waals surface area contributed by atoms with Gasteiger partial charge in [-0.1, -0.05) is 105 Å². The zero-order valence-corrected chi connectivity index (χ0v) is 17.9. The van der Waals surface area contributed by atoms with Crippen molar-refractivity contribution in [1.29, 1.82) is 0 Å². The Labute approximate surface area is 184 Å². The summed E-state index contributed by atoms with van der Waals surface area (Å²) >= 11 is 48.6. The molecule has 0 aromatic heterocycles. The highest BCUT2D eigenvalue weighted by molar-refractivity contribution is 6.93. The van der Waals surface area contributed by atoms with Crippen molar-refractivity contribution in [3.63, 3.8) is 0 Å². The lowest BCUT2D eigenvalue weighted by molar-refractivity contribution is 1.40. The molecule has 0 unspecified atom stereocenters. The van der Waals surface area contributed by atoms with E-state index in [-0.39, 0.29) is 31.8 Å². The van der Waals surface area contributed by atoms with E-state index in [1.54, 1.807) is 36.4 Å². The molecule has 0 fully saturated rings. The molecule has 0 atom stereocenters. The second-order valence-electron chi connectivity index (χ2n) is 4.53. The summed E-state index contributed by atoms with van der Waals surface area (Å²) in [7, 11) is 0. The Morgan fingerprint density at radius 1 is 0.680 bits per heavy atom. The Morgan fingerprint density at radius 3 is 1.40 bits per heavy atom. The molecule has 0 saturated heterocycles. The van der Waals surface area contributed by atoms with E-state index in [0.29, 0.717) is 10.0 Å². The van der Waals surface area contributed by atoms with Crippen LogP contribution in [0.15, 0.2) is 46.4 Å². The van der Waals surface area contributed by atoms with Crippen LogP contribution in [-0.2, 0) is 0 Å². The van der Waals surface area contributed by atoms with Gasteiger partial charge in [0.05, 0.1) is 31.5 Å². The SMILES string of the molecule is Cl/C(=N\c1cccc(Cl)c1Cl)C(Cl)(Cl)/C(Cl)=N\c1cccc(Cl)c1Cl. The van der Waals surface area contributed by atoms with E-state index in [4.69, 9.17) is 92.8 Å². The average molecular weight is 498 g/mol. The number of halogens is 8. The molecule has 0 radical (unpaired) electrons. The summed E-state index contributed by atoms with van der Waals surface area (Å²) in [6, 6.07) is 9.65. The van der Waals surface area contributed by atoms with E-state index in [2.05, 4.69) is 9.98 Å². The molecule has 0 amide bonds. The van der Waals surface area contributed by atoms with Gasteiger partial charge in [-0.3, -0.25) is 0 Å². The Hall–Kier alpha value is 0.1000. The molecule has 0 saturated carbocycles. The molecule has 0 aliphatic carbocycles. The van der Waals surface area contributed by atoms with Crippen molar-refractivity contribution in [3.8, 4) is 0 Å². The van der Waals surface area contributed by atoms with Crippen LogP contribution in [0.4, 0.5) is 11.4 Å². The van der Waals surface area contributed by atoms with Gasteiger partial charge in [0.1, 0.15) is 10.3 Å².